The molecule has 1 aromatic rings. The van der Waals surface area contributed by atoms with Gasteiger partial charge < -0.3 is 14.2 Å². The van der Waals surface area contributed by atoms with Crippen LogP contribution in [0.1, 0.15) is 31.0 Å². The minimum Gasteiger partial charge on any atom is -0.380 e. The summed E-state index contributed by atoms with van der Waals surface area (Å²) in [5.74, 6) is 2.54. The summed E-state index contributed by atoms with van der Waals surface area (Å²) in [6, 6.07) is 0.357. The average Bonchev–Trinajstić information content (AvgIpc) is 2.92. The van der Waals surface area contributed by atoms with E-state index in [1.165, 1.54) is 0 Å². The van der Waals surface area contributed by atoms with Gasteiger partial charge in [0, 0.05) is 43.0 Å². The van der Waals surface area contributed by atoms with Crippen LogP contribution in [-0.2, 0) is 16.0 Å². The van der Waals surface area contributed by atoms with Gasteiger partial charge in [-0.3, -0.25) is 4.79 Å². The largest absolute Gasteiger partial charge is 0.380 e. The van der Waals surface area contributed by atoms with Gasteiger partial charge in [0.05, 0.1) is 6.61 Å². The van der Waals surface area contributed by atoms with Crippen molar-refractivity contribution in [1.82, 2.24) is 15.0 Å². The molecule has 6 nitrogen and oxygen atoms in total. The highest BCUT2D eigenvalue weighted by Crippen LogP contribution is 2.30. The quantitative estimate of drug-likeness (QED) is 0.838. The highest BCUT2D eigenvalue weighted by Gasteiger charge is 2.36. The zero-order valence-electron chi connectivity index (χ0n) is 12.3. The molecule has 0 aromatic carbocycles. The first-order valence-corrected chi connectivity index (χ1v) is 8.57. The number of fused-ring (bicyclic) bond motifs is 1. The van der Waals surface area contributed by atoms with Crippen molar-refractivity contribution in [3.8, 4) is 0 Å². The molecular weight excluding hydrogens is 290 g/mol. The van der Waals surface area contributed by atoms with Crippen LogP contribution in [0.2, 0.25) is 0 Å². The zero-order valence-corrected chi connectivity index (χ0v) is 13.1. The minimum absolute atomic E-state index is 0.253. The third-order valence-corrected chi connectivity index (χ3v) is 5.30. The molecule has 0 bridgehead atoms. The minimum atomic E-state index is 0.253. The molecule has 2 saturated heterocycles. The third kappa shape index (κ3) is 3.58. The standard InChI is InChI=1S/C14H21N3O3S/c1-10-15-13(20-16-10)3-2-4-14(18)17-6-8-21-12-9-19-7-5-11(12)17/h11-12H,2-9H2,1H3/t11-,12+/m1/s1. The summed E-state index contributed by atoms with van der Waals surface area (Å²) in [6.07, 6.45) is 2.95. The van der Waals surface area contributed by atoms with Crippen molar-refractivity contribution in [1.29, 1.82) is 0 Å². The Kier molecular flexibility index (Phi) is 4.80. The smallest absolute Gasteiger partial charge is 0.226 e. The molecule has 2 atom stereocenters. The van der Waals surface area contributed by atoms with E-state index in [1.54, 1.807) is 6.92 Å². The van der Waals surface area contributed by atoms with Gasteiger partial charge in [-0.2, -0.15) is 16.7 Å². The second-order valence-corrected chi connectivity index (χ2v) is 6.86. The van der Waals surface area contributed by atoms with Crippen LogP contribution in [0.15, 0.2) is 4.52 Å². The number of carbonyl (C=O) groups excluding carboxylic acids is 1. The number of nitrogens with zero attached hydrogens (tertiary/aromatic N) is 3. The van der Waals surface area contributed by atoms with Gasteiger partial charge in [0.2, 0.25) is 11.8 Å². The molecule has 7 heteroatoms. The van der Waals surface area contributed by atoms with E-state index in [-0.39, 0.29) is 5.91 Å². The van der Waals surface area contributed by atoms with Gasteiger partial charge in [0.15, 0.2) is 5.82 Å². The fourth-order valence-electron chi connectivity index (χ4n) is 2.97. The summed E-state index contributed by atoms with van der Waals surface area (Å²) in [5.41, 5.74) is 0. The first-order valence-electron chi connectivity index (χ1n) is 7.52. The molecule has 2 aliphatic rings. The summed E-state index contributed by atoms with van der Waals surface area (Å²) in [7, 11) is 0. The van der Waals surface area contributed by atoms with Crippen molar-refractivity contribution in [2.45, 2.75) is 43.9 Å². The van der Waals surface area contributed by atoms with Crippen molar-refractivity contribution < 1.29 is 14.1 Å². The number of ether oxygens (including phenoxy) is 1. The highest BCUT2D eigenvalue weighted by molar-refractivity contribution is 8.00. The van der Waals surface area contributed by atoms with Gasteiger partial charge in [-0.05, 0) is 19.8 Å². The van der Waals surface area contributed by atoms with Crippen LogP contribution >= 0.6 is 11.8 Å². The van der Waals surface area contributed by atoms with Crippen LogP contribution in [0.3, 0.4) is 0 Å². The van der Waals surface area contributed by atoms with Gasteiger partial charge in [-0.1, -0.05) is 5.16 Å². The maximum atomic E-state index is 12.5. The molecule has 116 valence electrons. The topological polar surface area (TPSA) is 68.5 Å². The molecule has 2 fully saturated rings. The lowest BCUT2D eigenvalue weighted by atomic mass is 10.0. The van der Waals surface area contributed by atoms with Crippen molar-refractivity contribution in [3.63, 3.8) is 0 Å². The normalized spacial score (nSPS) is 25.7. The number of carbonyl (C=O) groups is 1. The molecular formula is C14H21N3O3S. The van der Waals surface area contributed by atoms with E-state index in [2.05, 4.69) is 15.0 Å². The Morgan fingerprint density at radius 3 is 3.24 bits per heavy atom. The second-order valence-electron chi connectivity index (χ2n) is 5.52. The van der Waals surface area contributed by atoms with E-state index in [4.69, 9.17) is 9.26 Å². The Morgan fingerprint density at radius 2 is 2.43 bits per heavy atom. The fourth-order valence-corrected chi connectivity index (χ4v) is 4.27. The van der Waals surface area contributed by atoms with Crippen molar-refractivity contribution in [2.24, 2.45) is 0 Å². The summed E-state index contributed by atoms with van der Waals surface area (Å²) < 4.78 is 10.6. The van der Waals surface area contributed by atoms with Crippen LogP contribution in [0.4, 0.5) is 0 Å². The predicted molar refractivity (Wildman–Crippen MR) is 79.2 cm³/mol. The molecule has 0 unspecified atom stereocenters. The number of thioether (sulfide) groups is 1. The number of aryl methyl sites for hydroxylation is 2. The highest BCUT2D eigenvalue weighted by atomic mass is 32.2. The molecule has 2 aliphatic heterocycles. The number of hydrogen-bond donors (Lipinski definition) is 0. The van der Waals surface area contributed by atoms with Crippen molar-refractivity contribution >= 4 is 17.7 Å². The first-order chi connectivity index (χ1) is 10.2. The molecule has 0 spiro atoms. The van der Waals surface area contributed by atoms with E-state index >= 15 is 0 Å². The maximum Gasteiger partial charge on any atom is 0.226 e. The Balaban J connectivity index is 1.49. The Labute approximate surface area is 128 Å². The zero-order chi connectivity index (χ0) is 14.7. The predicted octanol–water partition coefficient (Wildman–Crippen LogP) is 1.43. The van der Waals surface area contributed by atoms with Crippen LogP contribution in [-0.4, -0.2) is 57.8 Å². The summed E-state index contributed by atoms with van der Waals surface area (Å²) in [6.45, 7) is 4.21. The van der Waals surface area contributed by atoms with E-state index in [0.717, 1.165) is 38.4 Å². The van der Waals surface area contributed by atoms with Gasteiger partial charge in [0.25, 0.3) is 0 Å². The van der Waals surface area contributed by atoms with Gasteiger partial charge >= 0.3 is 0 Å². The molecule has 21 heavy (non-hydrogen) atoms. The van der Waals surface area contributed by atoms with Gasteiger partial charge in [-0.25, -0.2) is 0 Å². The lowest BCUT2D eigenvalue weighted by Crippen LogP contribution is -2.54. The summed E-state index contributed by atoms with van der Waals surface area (Å²) in [5, 5.41) is 4.21. The number of aromatic nitrogens is 2. The third-order valence-electron chi connectivity index (χ3n) is 4.00. The molecule has 3 rings (SSSR count). The molecule has 0 N–H and O–H groups in total. The van der Waals surface area contributed by atoms with E-state index in [1.807, 2.05) is 11.8 Å². The number of rotatable bonds is 4. The number of amides is 1. The van der Waals surface area contributed by atoms with Gasteiger partial charge in [0.1, 0.15) is 0 Å². The van der Waals surface area contributed by atoms with E-state index < -0.39 is 0 Å². The maximum absolute atomic E-state index is 12.5. The van der Waals surface area contributed by atoms with Crippen molar-refractivity contribution in [2.75, 3.05) is 25.5 Å². The average molecular weight is 311 g/mol. The lowest BCUT2D eigenvalue weighted by molar-refractivity contribution is -0.135. The van der Waals surface area contributed by atoms with E-state index in [0.29, 0.717) is 35.8 Å². The van der Waals surface area contributed by atoms with E-state index in [9.17, 15) is 4.79 Å². The Morgan fingerprint density at radius 1 is 1.52 bits per heavy atom. The summed E-state index contributed by atoms with van der Waals surface area (Å²) >= 11 is 1.94. The first kappa shape index (κ1) is 14.8. The van der Waals surface area contributed by atoms with Crippen LogP contribution < -0.4 is 0 Å². The van der Waals surface area contributed by atoms with Crippen LogP contribution in [0.5, 0.6) is 0 Å². The number of hydrogen-bond acceptors (Lipinski definition) is 6. The fraction of sp³-hybridized carbons (Fsp3) is 0.786. The SMILES string of the molecule is Cc1noc(CCCC(=O)N2CCS[C@H]3COCC[C@H]32)n1. The molecule has 1 aromatic heterocycles. The molecule has 1 amide bonds. The molecule has 0 saturated carbocycles. The second kappa shape index (κ2) is 6.79. The van der Waals surface area contributed by atoms with Crippen LogP contribution in [0.25, 0.3) is 0 Å². The monoisotopic (exact) mass is 311 g/mol. The molecule has 3 heterocycles. The van der Waals surface area contributed by atoms with Crippen molar-refractivity contribution in [3.05, 3.63) is 11.7 Å². The Hall–Kier alpha value is -1.08. The summed E-state index contributed by atoms with van der Waals surface area (Å²) in [4.78, 5) is 18.7. The molecule has 0 radical (unpaired) electrons. The lowest BCUT2D eigenvalue weighted by Gasteiger charge is -2.43. The Bertz CT molecular complexity index is 492. The van der Waals surface area contributed by atoms with Crippen LogP contribution in [0, 0.1) is 6.92 Å². The van der Waals surface area contributed by atoms with Gasteiger partial charge in [-0.15, -0.1) is 0 Å². The molecule has 0 aliphatic carbocycles.